The van der Waals surface area contributed by atoms with Crippen LogP contribution in [0.1, 0.15) is 24.1 Å². The van der Waals surface area contributed by atoms with Gasteiger partial charge in [0, 0.05) is 75.9 Å². The van der Waals surface area contributed by atoms with Crippen LogP contribution in [0.2, 0.25) is 0 Å². The molecule has 156 valence electrons. The fourth-order valence-corrected chi connectivity index (χ4v) is 3.99. The SMILES string of the molecule is CN=C(NCCC(=O)N1CCN(c2ncccn2)CC1)NCC(C)c1cccs1. The Hall–Kier alpha value is -2.68. The number of hydrogen-bond donors (Lipinski definition) is 2. The molecule has 0 saturated carbocycles. The second-order valence-corrected chi connectivity index (χ2v) is 7.94. The zero-order valence-electron chi connectivity index (χ0n) is 17.0. The number of nitrogens with one attached hydrogen (secondary N) is 2. The summed E-state index contributed by atoms with van der Waals surface area (Å²) >= 11 is 1.76. The second-order valence-electron chi connectivity index (χ2n) is 6.96. The lowest BCUT2D eigenvalue weighted by Gasteiger charge is -2.34. The summed E-state index contributed by atoms with van der Waals surface area (Å²) in [6, 6.07) is 6.03. The number of guanidine groups is 1. The normalized spacial score (nSPS) is 15.9. The van der Waals surface area contributed by atoms with E-state index in [0.29, 0.717) is 32.0 Å². The second kappa shape index (κ2) is 10.8. The number of hydrogen-bond acceptors (Lipinski definition) is 6. The molecule has 1 aliphatic heterocycles. The molecule has 2 aromatic rings. The Morgan fingerprint density at radius 2 is 1.97 bits per heavy atom. The third kappa shape index (κ3) is 6.15. The largest absolute Gasteiger partial charge is 0.356 e. The minimum absolute atomic E-state index is 0.161. The van der Waals surface area contributed by atoms with E-state index in [4.69, 9.17) is 0 Å². The molecule has 8 nitrogen and oxygen atoms in total. The van der Waals surface area contributed by atoms with Crippen LogP contribution in [0, 0.1) is 0 Å². The molecule has 0 radical (unpaired) electrons. The Balaban J connectivity index is 1.35. The molecule has 3 rings (SSSR count). The van der Waals surface area contributed by atoms with Crippen molar-refractivity contribution in [3.05, 3.63) is 40.8 Å². The first kappa shape index (κ1) is 21.0. The first-order valence-electron chi connectivity index (χ1n) is 9.95. The van der Waals surface area contributed by atoms with E-state index in [-0.39, 0.29) is 5.91 Å². The molecule has 0 spiro atoms. The van der Waals surface area contributed by atoms with Crippen molar-refractivity contribution < 1.29 is 4.79 Å². The minimum Gasteiger partial charge on any atom is -0.356 e. The van der Waals surface area contributed by atoms with Crippen molar-refractivity contribution in [2.45, 2.75) is 19.3 Å². The average Bonchev–Trinajstić information content (AvgIpc) is 3.31. The van der Waals surface area contributed by atoms with E-state index in [1.807, 2.05) is 11.0 Å². The van der Waals surface area contributed by atoms with Gasteiger partial charge in [-0.15, -0.1) is 11.3 Å². The molecule has 1 atom stereocenters. The van der Waals surface area contributed by atoms with Crippen LogP contribution in [0.3, 0.4) is 0 Å². The number of aromatic nitrogens is 2. The number of carbonyl (C=O) groups is 1. The van der Waals surface area contributed by atoms with Crippen molar-refractivity contribution in [3.63, 3.8) is 0 Å². The van der Waals surface area contributed by atoms with Gasteiger partial charge in [0.2, 0.25) is 11.9 Å². The number of aliphatic imine (C=N–C) groups is 1. The van der Waals surface area contributed by atoms with E-state index in [2.05, 4.69) is 54.9 Å². The van der Waals surface area contributed by atoms with E-state index in [0.717, 1.165) is 31.5 Å². The van der Waals surface area contributed by atoms with Crippen molar-refractivity contribution in [1.82, 2.24) is 25.5 Å². The molecule has 3 heterocycles. The van der Waals surface area contributed by atoms with Crippen LogP contribution in [0.25, 0.3) is 0 Å². The van der Waals surface area contributed by atoms with Crippen molar-refractivity contribution in [2.24, 2.45) is 4.99 Å². The molecule has 0 bridgehead atoms. The van der Waals surface area contributed by atoms with Gasteiger partial charge in [-0.1, -0.05) is 13.0 Å². The summed E-state index contributed by atoms with van der Waals surface area (Å²) in [5.41, 5.74) is 0. The van der Waals surface area contributed by atoms with E-state index in [9.17, 15) is 4.79 Å². The van der Waals surface area contributed by atoms with Crippen LogP contribution in [0.15, 0.2) is 41.0 Å². The van der Waals surface area contributed by atoms with E-state index < -0.39 is 0 Å². The Labute approximate surface area is 176 Å². The summed E-state index contributed by atoms with van der Waals surface area (Å²) in [6.45, 7) is 6.46. The van der Waals surface area contributed by atoms with Crippen molar-refractivity contribution in [2.75, 3.05) is 51.2 Å². The molecule has 9 heteroatoms. The Morgan fingerprint density at radius 3 is 2.62 bits per heavy atom. The molecule has 29 heavy (non-hydrogen) atoms. The topological polar surface area (TPSA) is 85.8 Å². The van der Waals surface area contributed by atoms with Crippen LogP contribution < -0.4 is 15.5 Å². The third-order valence-electron chi connectivity index (χ3n) is 4.93. The van der Waals surface area contributed by atoms with Gasteiger partial charge in [0.1, 0.15) is 0 Å². The molecule has 1 aliphatic rings. The minimum atomic E-state index is 0.161. The number of rotatable bonds is 7. The van der Waals surface area contributed by atoms with Gasteiger partial charge in [0.05, 0.1) is 0 Å². The molecule has 1 fully saturated rings. The smallest absolute Gasteiger partial charge is 0.225 e. The van der Waals surface area contributed by atoms with Gasteiger partial charge in [-0.25, -0.2) is 9.97 Å². The number of nitrogens with zero attached hydrogens (tertiary/aromatic N) is 5. The molecular weight excluding hydrogens is 386 g/mol. The maximum atomic E-state index is 12.5. The van der Waals surface area contributed by atoms with Crippen LogP contribution in [0.4, 0.5) is 5.95 Å². The number of piperazine rings is 1. The van der Waals surface area contributed by atoms with Gasteiger partial charge in [0.15, 0.2) is 5.96 Å². The highest BCUT2D eigenvalue weighted by atomic mass is 32.1. The van der Waals surface area contributed by atoms with E-state index in [1.54, 1.807) is 30.8 Å². The predicted molar refractivity (Wildman–Crippen MR) is 118 cm³/mol. The molecule has 1 amide bonds. The average molecular weight is 416 g/mol. The lowest BCUT2D eigenvalue weighted by molar-refractivity contribution is -0.131. The van der Waals surface area contributed by atoms with Crippen molar-refractivity contribution >= 4 is 29.2 Å². The van der Waals surface area contributed by atoms with Gasteiger partial charge < -0.3 is 20.4 Å². The first-order chi connectivity index (χ1) is 14.2. The molecular formula is C20H29N7OS. The van der Waals surface area contributed by atoms with Crippen LogP contribution in [-0.4, -0.2) is 73.1 Å². The summed E-state index contributed by atoms with van der Waals surface area (Å²) < 4.78 is 0. The lowest BCUT2D eigenvalue weighted by atomic mass is 10.1. The molecule has 1 saturated heterocycles. The predicted octanol–water partition coefficient (Wildman–Crippen LogP) is 1.55. The fourth-order valence-electron chi connectivity index (χ4n) is 3.20. The highest BCUT2D eigenvalue weighted by Crippen LogP contribution is 2.19. The van der Waals surface area contributed by atoms with Gasteiger partial charge >= 0.3 is 0 Å². The van der Waals surface area contributed by atoms with Crippen molar-refractivity contribution in [1.29, 1.82) is 0 Å². The van der Waals surface area contributed by atoms with Crippen molar-refractivity contribution in [3.8, 4) is 0 Å². The summed E-state index contributed by atoms with van der Waals surface area (Å²) in [4.78, 5) is 30.7. The van der Waals surface area contributed by atoms with Crippen LogP contribution in [-0.2, 0) is 4.79 Å². The van der Waals surface area contributed by atoms with E-state index in [1.165, 1.54) is 4.88 Å². The highest BCUT2D eigenvalue weighted by molar-refractivity contribution is 7.10. The molecule has 0 aromatic carbocycles. The zero-order chi connectivity index (χ0) is 20.5. The maximum Gasteiger partial charge on any atom is 0.225 e. The fraction of sp³-hybridized carbons (Fsp3) is 0.500. The number of amides is 1. The summed E-state index contributed by atoms with van der Waals surface area (Å²) in [7, 11) is 1.75. The standard InChI is InChI=1S/C20H29N7OS/c1-16(17-5-3-14-29-17)15-25-19(21-2)22-9-6-18(28)26-10-12-27(13-11-26)20-23-7-4-8-24-20/h3-5,7-8,14,16H,6,9-13,15H2,1-2H3,(H2,21,22,25). The third-order valence-corrected chi connectivity index (χ3v) is 6.03. The zero-order valence-corrected chi connectivity index (χ0v) is 17.9. The maximum absolute atomic E-state index is 12.5. The van der Waals surface area contributed by atoms with E-state index >= 15 is 0 Å². The number of carbonyl (C=O) groups excluding carboxylic acids is 1. The summed E-state index contributed by atoms with van der Waals surface area (Å²) in [5, 5.41) is 8.67. The number of thiophene rings is 1. The Morgan fingerprint density at radius 1 is 1.21 bits per heavy atom. The Kier molecular flexibility index (Phi) is 7.80. The van der Waals surface area contributed by atoms with Gasteiger partial charge in [0.25, 0.3) is 0 Å². The molecule has 2 aromatic heterocycles. The quantitative estimate of drug-likeness (QED) is 0.527. The first-order valence-corrected chi connectivity index (χ1v) is 10.8. The van der Waals surface area contributed by atoms with Crippen LogP contribution in [0.5, 0.6) is 0 Å². The monoisotopic (exact) mass is 415 g/mol. The van der Waals surface area contributed by atoms with Gasteiger partial charge in [-0.2, -0.15) is 0 Å². The summed E-state index contributed by atoms with van der Waals surface area (Å²) in [5.74, 6) is 2.04. The molecule has 0 aliphatic carbocycles. The Bertz CT molecular complexity index is 773. The van der Waals surface area contributed by atoms with Gasteiger partial charge in [-0.05, 0) is 17.5 Å². The van der Waals surface area contributed by atoms with Crippen LogP contribution >= 0.6 is 11.3 Å². The summed E-state index contributed by atoms with van der Waals surface area (Å²) in [6.07, 6.45) is 3.93. The van der Waals surface area contributed by atoms with Gasteiger partial charge in [-0.3, -0.25) is 9.79 Å². The lowest BCUT2D eigenvalue weighted by Crippen LogP contribution is -2.50. The molecule has 2 N–H and O–H groups in total. The highest BCUT2D eigenvalue weighted by Gasteiger charge is 2.22. The number of anilines is 1. The molecule has 1 unspecified atom stereocenters.